The maximum atomic E-state index is 6.28. The number of nitrogens with one attached hydrogen (secondary N) is 1. The van der Waals surface area contributed by atoms with E-state index in [1.165, 1.54) is 10.9 Å². The summed E-state index contributed by atoms with van der Waals surface area (Å²) < 4.78 is 0. The van der Waals surface area contributed by atoms with Crippen LogP contribution < -0.4 is 5.73 Å². The smallest absolute Gasteiger partial charge is 0.0457 e. The summed E-state index contributed by atoms with van der Waals surface area (Å²) in [4.78, 5) is 3.21. The van der Waals surface area contributed by atoms with Crippen LogP contribution in [0.4, 0.5) is 0 Å². The second-order valence-electron chi connectivity index (χ2n) is 5.13. The third-order valence-electron chi connectivity index (χ3n) is 2.90. The van der Waals surface area contributed by atoms with Crippen molar-refractivity contribution in [1.29, 1.82) is 0 Å². The fourth-order valence-corrected chi connectivity index (χ4v) is 1.85. The number of aromatic amines is 1. The molecule has 0 radical (unpaired) electrons. The van der Waals surface area contributed by atoms with Gasteiger partial charge in [0.2, 0.25) is 0 Å². The van der Waals surface area contributed by atoms with E-state index in [4.69, 9.17) is 5.73 Å². The molecular weight excluding hydrogens is 184 g/mol. The molecule has 15 heavy (non-hydrogen) atoms. The van der Waals surface area contributed by atoms with Gasteiger partial charge < -0.3 is 10.7 Å². The van der Waals surface area contributed by atoms with Crippen molar-refractivity contribution in [2.75, 3.05) is 0 Å². The summed E-state index contributed by atoms with van der Waals surface area (Å²) in [6.07, 6.45) is 1.96. The lowest BCUT2D eigenvalue weighted by atomic mass is 9.82. The van der Waals surface area contributed by atoms with E-state index in [2.05, 4.69) is 50.0 Å². The molecule has 0 aliphatic carbocycles. The first kappa shape index (κ1) is 10.2. The number of fused-ring (bicyclic) bond motifs is 1. The molecule has 0 bridgehead atoms. The molecule has 80 valence electrons. The number of hydrogen-bond donors (Lipinski definition) is 2. The molecule has 0 amide bonds. The first-order chi connectivity index (χ1) is 7.00. The lowest BCUT2D eigenvalue weighted by molar-refractivity contribution is 0.328. The molecule has 0 spiro atoms. The minimum atomic E-state index is 0.0667. The number of nitrogens with two attached hydrogens (primary N) is 1. The maximum Gasteiger partial charge on any atom is 0.0457 e. The average Bonchev–Trinajstić information content (AvgIpc) is 2.62. The summed E-state index contributed by atoms with van der Waals surface area (Å²) in [6.45, 7) is 6.51. The molecule has 1 aromatic heterocycles. The van der Waals surface area contributed by atoms with Crippen LogP contribution in [0.25, 0.3) is 10.9 Å². The van der Waals surface area contributed by atoms with Crippen molar-refractivity contribution >= 4 is 10.9 Å². The number of H-pyrrole nitrogens is 1. The van der Waals surface area contributed by atoms with Crippen molar-refractivity contribution in [3.8, 4) is 0 Å². The summed E-state index contributed by atoms with van der Waals surface area (Å²) in [5.41, 5.74) is 8.76. The Morgan fingerprint density at radius 2 is 1.93 bits per heavy atom. The highest BCUT2D eigenvalue weighted by molar-refractivity contribution is 5.83. The number of benzene rings is 1. The van der Waals surface area contributed by atoms with Crippen molar-refractivity contribution in [2.45, 2.75) is 26.8 Å². The zero-order valence-electron chi connectivity index (χ0n) is 9.54. The normalized spacial score (nSPS) is 14.4. The van der Waals surface area contributed by atoms with Crippen LogP contribution in [0.5, 0.6) is 0 Å². The zero-order valence-corrected chi connectivity index (χ0v) is 9.54. The van der Waals surface area contributed by atoms with Crippen molar-refractivity contribution in [2.24, 2.45) is 11.1 Å². The summed E-state index contributed by atoms with van der Waals surface area (Å²) in [5.74, 6) is 0. The predicted molar refractivity (Wildman–Crippen MR) is 64.7 cm³/mol. The van der Waals surface area contributed by atoms with Gasteiger partial charge in [0.15, 0.2) is 0 Å². The van der Waals surface area contributed by atoms with Gasteiger partial charge in [-0.05, 0) is 23.1 Å². The molecule has 0 fully saturated rings. The molecule has 0 unspecified atom stereocenters. The Morgan fingerprint density at radius 1 is 1.20 bits per heavy atom. The van der Waals surface area contributed by atoms with Crippen LogP contribution in [-0.4, -0.2) is 4.98 Å². The molecular formula is C13H18N2. The van der Waals surface area contributed by atoms with Crippen LogP contribution in [0.2, 0.25) is 0 Å². The highest BCUT2D eigenvalue weighted by Gasteiger charge is 2.23. The Hall–Kier alpha value is -1.28. The zero-order chi connectivity index (χ0) is 11.1. The predicted octanol–water partition coefficient (Wildman–Crippen LogP) is 3.21. The standard InChI is InChI=1S/C13H18N2/c1-13(2,3)12(14)10-5-4-6-11-9(10)7-8-15-11/h4-8,12,15H,14H2,1-3H3/t12-/m0/s1. The molecule has 3 N–H and O–H groups in total. The van der Waals surface area contributed by atoms with Gasteiger partial charge >= 0.3 is 0 Å². The van der Waals surface area contributed by atoms with Crippen molar-refractivity contribution in [3.63, 3.8) is 0 Å². The van der Waals surface area contributed by atoms with E-state index in [0.717, 1.165) is 5.52 Å². The second kappa shape index (κ2) is 3.38. The van der Waals surface area contributed by atoms with Gasteiger partial charge in [0.05, 0.1) is 0 Å². The van der Waals surface area contributed by atoms with Crippen LogP contribution in [0.1, 0.15) is 32.4 Å². The van der Waals surface area contributed by atoms with Gasteiger partial charge in [-0.25, -0.2) is 0 Å². The van der Waals surface area contributed by atoms with E-state index in [0.29, 0.717) is 0 Å². The molecule has 1 atom stereocenters. The average molecular weight is 202 g/mol. The van der Waals surface area contributed by atoms with Gasteiger partial charge in [0, 0.05) is 23.1 Å². The molecule has 2 heteroatoms. The van der Waals surface area contributed by atoms with E-state index in [-0.39, 0.29) is 11.5 Å². The molecule has 0 aliphatic heterocycles. The second-order valence-corrected chi connectivity index (χ2v) is 5.13. The van der Waals surface area contributed by atoms with Crippen molar-refractivity contribution in [3.05, 3.63) is 36.0 Å². The quantitative estimate of drug-likeness (QED) is 0.732. The largest absolute Gasteiger partial charge is 0.361 e. The first-order valence-corrected chi connectivity index (χ1v) is 5.32. The number of rotatable bonds is 1. The first-order valence-electron chi connectivity index (χ1n) is 5.32. The highest BCUT2D eigenvalue weighted by atomic mass is 14.7. The third kappa shape index (κ3) is 1.77. The lowest BCUT2D eigenvalue weighted by Gasteiger charge is -2.27. The van der Waals surface area contributed by atoms with Gasteiger partial charge in [0.25, 0.3) is 0 Å². The van der Waals surface area contributed by atoms with Crippen LogP contribution in [0, 0.1) is 5.41 Å². The Labute approximate surface area is 90.5 Å². The van der Waals surface area contributed by atoms with Gasteiger partial charge in [-0.3, -0.25) is 0 Å². The van der Waals surface area contributed by atoms with Gasteiger partial charge in [-0.2, -0.15) is 0 Å². The molecule has 0 aliphatic rings. The fourth-order valence-electron chi connectivity index (χ4n) is 1.85. The Morgan fingerprint density at radius 3 is 2.60 bits per heavy atom. The minimum absolute atomic E-state index is 0.0667. The van der Waals surface area contributed by atoms with Gasteiger partial charge in [-0.15, -0.1) is 0 Å². The Bertz CT molecular complexity index is 463. The van der Waals surface area contributed by atoms with Crippen LogP contribution in [0.3, 0.4) is 0 Å². The van der Waals surface area contributed by atoms with Crippen LogP contribution in [-0.2, 0) is 0 Å². The van der Waals surface area contributed by atoms with Gasteiger partial charge in [0.1, 0.15) is 0 Å². The number of aromatic nitrogens is 1. The highest BCUT2D eigenvalue weighted by Crippen LogP contribution is 2.33. The van der Waals surface area contributed by atoms with Gasteiger partial charge in [-0.1, -0.05) is 32.9 Å². The Kier molecular flexibility index (Phi) is 2.31. The van der Waals surface area contributed by atoms with Crippen molar-refractivity contribution in [1.82, 2.24) is 4.98 Å². The molecule has 0 saturated heterocycles. The van der Waals surface area contributed by atoms with E-state index >= 15 is 0 Å². The van der Waals surface area contributed by atoms with Crippen LogP contribution >= 0.6 is 0 Å². The Balaban J connectivity index is 2.56. The van der Waals surface area contributed by atoms with E-state index in [1.807, 2.05) is 6.20 Å². The lowest BCUT2D eigenvalue weighted by Crippen LogP contribution is -2.26. The molecule has 0 saturated carbocycles. The third-order valence-corrected chi connectivity index (χ3v) is 2.90. The van der Waals surface area contributed by atoms with E-state index in [1.54, 1.807) is 0 Å². The molecule has 2 nitrogen and oxygen atoms in total. The molecule has 2 aromatic rings. The summed E-state index contributed by atoms with van der Waals surface area (Å²) in [5, 5.41) is 1.24. The molecule has 2 rings (SSSR count). The van der Waals surface area contributed by atoms with Crippen LogP contribution in [0.15, 0.2) is 30.5 Å². The SMILES string of the molecule is CC(C)(C)[C@@H](N)c1cccc2[nH]ccc12. The maximum absolute atomic E-state index is 6.28. The summed E-state index contributed by atoms with van der Waals surface area (Å²) in [7, 11) is 0. The van der Waals surface area contributed by atoms with Crippen molar-refractivity contribution < 1.29 is 0 Å². The summed E-state index contributed by atoms with van der Waals surface area (Å²) in [6, 6.07) is 8.41. The van der Waals surface area contributed by atoms with E-state index < -0.39 is 0 Å². The molecule has 1 aromatic carbocycles. The van der Waals surface area contributed by atoms with E-state index in [9.17, 15) is 0 Å². The monoisotopic (exact) mass is 202 g/mol. The minimum Gasteiger partial charge on any atom is -0.361 e. The molecule has 1 heterocycles. The topological polar surface area (TPSA) is 41.8 Å². The summed E-state index contributed by atoms with van der Waals surface area (Å²) >= 11 is 0. The number of hydrogen-bond acceptors (Lipinski definition) is 1. The fraction of sp³-hybridized carbons (Fsp3) is 0.385.